The average molecular weight is 947 g/mol. The molecule has 3 fully saturated rings. The van der Waals surface area contributed by atoms with Crippen LogP contribution in [0.2, 0.25) is 0 Å². The van der Waals surface area contributed by atoms with Gasteiger partial charge < -0.3 is 39.4 Å². The molecule has 1 unspecified atom stereocenters. The molecule has 0 spiro atoms. The van der Waals surface area contributed by atoms with Crippen LogP contribution in [-0.4, -0.2) is 89.0 Å². The van der Waals surface area contributed by atoms with Gasteiger partial charge in [-0.2, -0.15) is 0 Å². The van der Waals surface area contributed by atoms with Crippen LogP contribution in [0.3, 0.4) is 0 Å². The van der Waals surface area contributed by atoms with Gasteiger partial charge >= 0.3 is 11.9 Å². The van der Waals surface area contributed by atoms with Crippen LogP contribution in [0.5, 0.6) is 0 Å². The minimum atomic E-state index is -0.511. The molecule has 10 nitrogen and oxygen atoms in total. The summed E-state index contributed by atoms with van der Waals surface area (Å²) < 4.78 is 22.6. The molecule has 0 amide bonds. The van der Waals surface area contributed by atoms with Crippen molar-refractivity contribution in [2.75, 3.05) is 19.8 Å². The smallest absolute Gasteiger partial charge is 0.305 e. The number of aryl methyl sites for hydroxylation is 2. The van der Waals surface area contributed by atoms with E-state index in [1.165, 1.54) is 17.5 Å². The highest BCUT2D eigenvalue weighted by Crippen LogP contribution is 2.43. The highest BCUT2D eigenvalue weighted by molar-refractivity contribution is 5.69. The van der Waals surface area contributed by atoms with Gasteiger partial charge in [-0.05, 0) is 176 Å². The number of hydrogen-bond donors (Lipinski definition) is 4. The Balaban J connectivity index is 0.000000301. The molecule has 0 radical (unpaired) electrons. The maximum Gasteiger partial charge on any atom is 0.305 e. The van der Waals surface area contributed by atoms with Crippen molar-refractivity contribution in [3.05, 3.63) is 96.1 Å². The predicted molar refractivity (Wildman–Crippen MR) is 271 cm³/mol. The third-order valence-electron chi connectivity index (χ3n) is 14.3. The maximum atomic E-state index is 11.6. The number of rotatable bonds is 30. The van der Waals surface area contributed by atoms with E-state index in [4.69, 9.17) is 18.9 Å². The Bertz CT molecular complexity index is 1660. The van der Waals surface area contributed by atoms with E-state index in [2.05, 4.69) is 73.7 Å². The lowest BCUT2D eigenvalue weighted by molar-refractivity contribution is -0.191. The molecule has 1 aliphatic heterocycles. The van der Waals surface area contributed by atoms with Gasteiger partial charge in [0.1, 0.15) is 0 Å². The Hall–Kier alpha value is -3.38. The highest BCUT2D eigenvalue weighted by atomic mass is 16.7. The van der Waals surface area contributed by atoms with Crippen molar-refractivity contribution in [1.82, 2.24) is 0 Å². The van der Waals surface area contributed by atoms with E-state index in [1.54, 1.807) is 0 Å². The third kappa shape index (κ3) is 22.6. The SMILES string of the molecule is CCCOC(=O)CCC/C=C\C[C@@H]1[C@@H](CC[C@@H](O)CCc2ccccc2)[C@H](O)C[C@@H]1O.CCCOC(=O)CCC/C=C\C[C@@H]1[C@@H](CC[C@H](CCc2ccccc2)OC2CCCCO2)[C@H](C)C[C@@H]1O. The van der Waals surface area contributed by atoms with E-state index >= 15 is 0 Å². The molecule has 1 heterocycles. The Morgan fingerprint density at radius 2 is 1.19 bits per heavy atom. The number of aliphatic hydroxyl groups excluding tert-OH is 4. The highest BCUT2D eigenvalue weighted by Gasteiger charge is 2.41. The largest absolute Gasteiger partial charge is 0.466 e. The van der Waals surface area contributed by atoms with Crippen molar-refractivity contribution in [3.8, 4) is 0 Å². The summed E-state index contributed by atoms with van der Waals surface area (Å²) in [4.78, 5) is 23.1. The molecule has 68 heavy (non-hydrogen) atoms. The van der Waals surface area contributed by atoms with Crippen LogP contribution in [0.4, 0.5) is 0 Å². The summed E-state index contributed by atoms with van der Waals surface area (Å²) in [5.74, 6) is 1.09. The van der Waals surface area contributed by atoms with E-state index in [1.807, 2.05) is 32.0 Å². The van der Waals surface area contributed by atoms with Gasteiger partial charge in [0.2, 0.25) is 0 Å². The maximum absolute atomic E-state index is 11.6. The molecule has 11 atom stereocenters. The second kappa shape index (κ2) is 34.0. The van der Waals surface area contributed by atoms with Crippen molar-refractivity contribution in [2.24, 2.45) is 29.6 Å². The average Bonchev–Trinajstić information content (AvgIpc) is 3.78. The predicted octanol–water partition coefficient (Wildman–Crippen LogP) is 11.2. The number of allylic oxidation sites excluding steroid dienone is 4. The molecule has 382 valence electrons. The first-order valence-corrected chi connectivity index (χ1v) is 26.8. The normalized spacial score (nSPS) is 25.8. The number of ether oxygens (including phenoxy) is 4. The van der Waals surface area contributed by atoms with Crippen molar-refractivity contribution in [2.45, 2.75) is 205 Å². The fourth-order valence-electron chi connectivity index (χ4n) is 10.4. The van der Waals surface area contributed by atoms with Gasteiger partial charge in [0.25, 0.3) is 0 Å². The Morgan fingerprint density at radius 3 is 1.75 bits per heavy atom. The lowest BCUT2D eigenvalue weighted by Crippen LogP contribution is -2.29. The number of carbonyl (C=O) groups excluding carboxylic acids is 2. The number of carbonyl (C=O) groups is 2. The van der Waals surface area contributed by atoms with Crippen LogP contribution in [0.1, 0.15) is 167 Å². The first-order valence-electron chi connectivity index (χ1n) is 26.8. The Kier molecular flexibility index (Phi) is 28.6. The van der Waals surface area contributed by atoms with E-state index < -0.39 is 18.3 Å². The summed E-state index contributed by atoms with van der Waals surface area (Å²) in [5, 5.41) is 42.0. The zero-order chi connectivity index (χ0) is 48.8. The zero-order valence-corrected chi connectivity index (χ0v) is 42.1. The lowest BCUT2D eigenvalue weighted by atomic mass is 9.83. The van der Waals surface area contributed by atoms with Crippen molar-refractivity contribution < 1.29 is 49.0 Å². The fraction of sp³-hybridized carbons (Fsp3) is 0.690. The molecule has 1 saturated heterocycles. The minimum absolute atomic E-state index is 0.00930. The first-order chi connectivity index (χ1) is 33.1. The molecule has 2 saturated carbocycles. The van der Waals surface area contributed by atoms with Crippen molar-refractivity contribution in [1.29, 1.82) is 0 Å². The molecule has 0 aromatic heterocycles. The van der Waals surface area contributed by atoms with Crippen LogP contribution in [0.25, 0.3) is 0 Å². The minimum Gasteiger partial charge on any atom is -0.466 e. The molecule has 2 aromatic carbocycles. The second-order valence-corrected chi connectivity index (χ2v) is 19.9. The van der Waals surface area contributed by atoms with Crippen LogP contribution in [-0.2, 0) is 41.4 Å². The summed E-state index contributed by atoms with van der Waals surface area (Å²) in [6, 6.07) is 20.8. The lowest BCUT2D eigenvalue weighted by Gasteiger charge is -2.30. The molecular formula is C58H90O10. The second-order valence-electron chi connectivity index (χ2n) is 19.9. The summed E-state index contributed by atoms with van der Waals surface area (Å²) in [6.07, 6.45) is 26.0. The molecule has 2 aromatic rings. The summed E-state index contributed by atoms with van der Waals surface area (Å²) in [7, 11) is 0. The quantitative estimate of drug-likeness (QED) is 0.0338. The van der Waals surface area contributed by atoms with Gasteiger partial charge in [0.15, 0.2) is 6.29 Å². The van der Waals surface area contributed by atoms with Gasteiger partial charge in [0.05, 0.1) is 43.7 Å². The van der Waals surface area contributed by atoms with Crippen molar-refractivity contribution >= 4 is 11.9 Å². The summed E-state index contributed by atoms with van der Waals surface area (Å²) >= 11 is 0. The molecule has 0 bridgehead atoms. The zero-order valence-electron chi connectivity index (χ0n) is 42.1. The van der Waals surface area contributed by atoms with Gasteiger partial charge in [-0.1, -0.05) is 106 Å². The van der Waals surface area contributed by atoms with E-state index in [9.17, 15) is 30.0 Å². The Morgan fingerprint density at radius 1 is 0.662 bits per heavy atom. The monoisotopic (exact) mass is 947 g/mol. The van der Waals surface area contributed by atoms with Crippen LogP contribution in [0.15, 0.2) is 85.0 Å². The molecular weight excluding hydrogens is 857 g/mol. The molecule has 5 rings (SSSR count). The standard InChI is InChI=1S/C32H50O5.C26H40O5/c1-3-22-35-31(34)16-10-5-4-9-15-29-28(25(2)24-30(29)33)21-20-27(37-32-17-11-12-23-36-32)19-18-26-13-7-6-8-14-26;1-2-18-31-26(30)13-9-4-3-8-12-22-23(25(29)19-24(22)28)17-16-21(27)15-14-20-10-6-5-7-11-20/h4,6-9,13-14,25,27-30,32-33H,3,5,10-12,15-24H2,1-2H3;3,5-8,10-11,21-25,27-29H,2,4,9,12-19H2,1H3/b9-4-;8-3-/t25-,27+,28+,29-,30+,32?;21-,22+,23+,24-,25+/m10/s1. The van der Waals surface area contributed by atoms with Gasteiger partial charge in [-0.15, -0.1) is 0 Å². The topological polar surface area (TPSA) is 152 Å². The number of esters is 2. The number of hydrogen-bond acceptors (Lipinski definition) is 10. The Labute approximate surface area is 410 Å². The number of benzene rings is 2. The first kappa shape index (κ1) is 57.2. The molecule has 2 aliphatic carbocycles. The fourth-order valence-corrected chi connectivity index (χ4v) is 10.4. The number of unbranched alkanes of at least 4 members (excludes halogenated alkanes) is 2. The molecule has 10 heteroatoms. The van der Waals surface area contributed by atoms with Crippen LogP contribution < -0.4 is 0 Å². The molecule has 4 N–H and O–H groups in total. The molecule has 3 aliphatic rings. The van der Waals surface area contributed by atoms with E-state index in [-0.39, 0.29) is 42.3 Å². The summed E-state index contributed by atoms with van der Waals surface area (Å²) in [5.41, 5.74) is 2.58. The van der Waals surface area contributed by atoms with Gasteiger partial charge in [0, 0.05) is 19.4 Å². The number of aliphatic hydroxyl groups is 4. The van der Waals surface area contributed by atoms with Crippen molar-refractivity contribution in [3.63, 3.8) is 0 Å². The van der Waals surface area contributed by atoms with Crippen LogP contribution in [0, 0.1) is 29.6 Å². The van der Waals surface area contributed by atoms with Gasteiger partial charge in [-0.25, -0.2) is 0 Å². The van der Waals surface area contributed by atoms with Gasteiger partial charge in [-0.3, -0.25) is 9.59 Å². The van der Waals surface area contributed by atoms with E-state index in [0.29, 0.717) is 69.5 Å². The third-order valence-corrected chi connectivity index (χ3v) is 14.3. The van der Waals surface area contributed by atoms with Crippen LogP contribution >= 0.6 is 0 Å². The summed E-state index contributed by atoms with van der Waals surface area (Å²) in [6.45, 7) is 8.08. The van der Waals surface area contributed by atoms with E-state index in [0.717, 1.165) is 109 Å².